The summed E-state index contributed by atoms with van der Waals surface area (Å²) in [5.41, 5.74) is 8.44. The molecule has 0 bridgehead atoms. The second kappa shape index (κ2) is 29.4. The number of benzene rings is 6. The molecule has 0 saturated heterocycles. The van der Waals surface area contributed by atoms with Gasteiger partial charge in [-0.25, -0.2) is 8.78 Å². The molecule has 4 amide bonds. The van der Waals surface area contributed by atoms with Crippen molar-refractivity contribution in [1.82, 2.24) is 21.3 Å². The zero-order valence-corrected chi connectivity index (χ0v) is 51.0. The van der Waals surface area contributed by atoms with Gasteiger partial charge in [0.15, 0.2) is 0 Å². The predicted molar refractivity (Wildman–Crippen MR) is 341 cm³/mol. The molecular weight excluding hydrogens is 1120 g/mol. The van der Waals surface area contributed by atoms with E-state index in [-0.39, 0.29) is 48.4 Å². The van der Waals surface area contributed by atoms with Crippen molar-refractivity contribution in [2.45, 2.75) is 110 Å². The second-order valence-corrected chi connectivity index (χ2v) is 22.3. The van der Waals surface area contributed by atoms with Crippen LogP contribution < -0.4 is 31.1 Å². The number of fused-ring (bicyclic) bond motifs is 2. The molecule has 2 atom stereocenters. The summed E-state index contributed by atoms with van der Waals surface area (Å²) in [6.45, 7) is 13.2. The molecule has 18 heteroatoms. The molecule has 6 aromatic carbocycles. The normalized spacial score (nSPS) is 15.1. The van der Waals surface area contributed by atoms with Crippen molar-refractivity contribution >= 4 is 69.4 Å². The number of anilines is 2. The van der Waals surface area contributed by atoms with E-state index in [0.29, 0.717) is 98.7 Å². The van der Waals surface area contributed by atoms with Crippen molar-refractivity contribution in [3.05, 3.63) is 155 Å². The van der Waals surface area contributed by atoms with Gasteiger partial charge in [0.1, 0.15) is 34.3 Å². The standard InChI is InChI=1S/C35H38FN3O5.C34H38FN3O3.CH2O2/c1-4-39(5-2)28-20-29-27(31(34(43)37-3)32(44-29)22-12-14-25(36)15-13-22)19-26(28)23-10-9-11-24(18-23)33(42)38-35(21-30(40)41)16-7-6-8-17-35;1-5-38(6-2)29-20-30-27(31(34(40)36-4)32(41-30)22-14-16-25(35)17-15-22)19-26(29)23-11-9-12-24(18-23)33(39)37-28-13-8-7-10-21(28)3;2-1-3/h9-15,18-20H,4-8,16-17,21H2,1-3H3,(H,37,43)(H,38,42)(H,40,41);9,11-12,14-21,28H,5-8,10,13H2,1-4H3,(H,36,40)(H,37,39);1H,(H,2,3). The van der Waals surface area contributed by atoms with E-state index >= 15 is 0 Å². The van der Waals surface area contributed by atoms with Crippen molar-refractivity contribution in [3.8, 4) is 44.9 Å². The Hall–Kier alpha value is -9.32. The Morgan fingerprint density at radius 1 is 0.580 bits per heavy atom. The minimum absolute atomic E-state index is 0.0657. The number of rotatable bonds is 18. The highest BCUT2D eigenvalue weighted by molar-refractivity contribution is 6.14. The summed E-state index contributed by atoms with van der Waals surface area (Å²) < 4.78 is 40.0. The van der Waals surface area contributed by atoms with E-state index in [0.717, 1.165) is 85.2 Å². The maximum atomic E-state index is 13.7. The second-order valence-electron chi connectivity index (χ2n) is 22.3. The summed E-state index contributed by atoms with van der Waals surface area (Å²) in [5.74, 6) is -1.50. The first-order chi connectivity index (χ1) is 42.4. The van der Waals surface area contributed by atoms with Crippen molar-refractivity contribution < 1.29 is 56.6 Å². The van der Waals surface area contributed by atoms with Crippen LogP contribution in [0.3, 0.4) is 0 Å². The largest absolute Gasteiger partial charge is 0.483 e. The van der Waals surface area contributed by atoms with Crippen molar-refractivity contribution in [3.63, 3.8) is 0 Å². The van der Waals surface area contributed by atoms with Crippen LogP contribution in [0.25, 0.3) is 66.8 Å². The van der Waals surface area contributed by atoms with E-state index in [2.05, 4.69) is 65.7 Å². The van der Waals surface area contributed by atoms with Gasteiger partial charge in [0.25, 0.3) is 30.1 Å². The first-order valence-corrected chi connectivity index (χ1v) is 30.2. The predicted octanol–water partition coefficient (Wildman–Crippen LogP) is 14.1. The van der Waals surface area contributed by atoms with Gasteiger partial charge >= 0.3 is 5.97 Å². The molecule has 2 saturated carbocycles. The number of carboxylic acid groups (broad SMARTS) is 2. The summed E-state index contributed by atoms with van der Waals surface area (Å²) in [6.07, 6.45) is 8.43. The molecule has 0 aliphatic heterocycles. The van der Waals surface area contributed by atoms with Gasteiger partial charge in [0.05, 0.1) is 23.1 Å². The molecule has 88 heavy (non-hydrogen) atoms. The van der Waals surface area contributed by atoms with E-state index in [1.54, 1.807) is 50.5 Å². The highest BCUT2D eigenvalue weighted by Gasteiger charge is 2.36. The Bertz CT molecular complexity index is 3790. The third kappa shape index (κ3) is 14.6. The molecule has 16 nitrogen and oxygen atoms in total. The number of hydrogen-bond donors (Lipinski definition) is 6. The van der Waals surface area contributed by atoms with Crippen LogP contribution in [0.4, 0.5) is 20.2 Å². The first kappa shape index (κ1) is 64.7. The van der Waals surface area contributed by atoms with Gasteiger partial charge in [0, 0.05) is 114 Å². The number of carboxylic acids is 1. The number of nitrogens with one attached hydrogen (secondary N) is 4. The number of hydrogen-bond acceptors (Lipinski definition) is 10. The smallest absolute Gasteiger partial charge is 0.305 e. The number of nitrogens with zero attached hydrogens (tertiary/aromatic N) is 2. The average molecular weight is 1200 g/mol. The lowest BCUT2D eigenvalue weighted by molar-refractivity contribution is -0.139. The van der Waals surface area contributed by atoms with Gasteiger partial charge in [0.2, 0.25) is 0 Å². The fraction of sp³-hybridized carbons (Fsp3) is 0.343. The highest BCUT2D eigenvalue weighted by atomic mass is 19.1. The minimum Gasteiger partial charge on any atom is -0.483 e. The number of aliphatic carboxylic acids is 1. The SMILES string of the molecule is CCN(CC)c1cc2oc(-c3ccc(F)cc3)c(C(=O)NC)c2cc1-c1cccc(C(=O)NC2(CC(=O)O)CCCCC2)c1.CCN(CC)c1cc2oc(-c3ccc(F)cc3)c(C(=O)NC)c2cc1-c1cccc(C(=O)NC2CCCCC2C)c1.O=CO. The maximum absolute atomic E-state index is 13.7. The molecule has 6 N–H and O–H groups in total. The van der Waals surface area contributed by atoms with Gasteiger partial charge in [-0.1, -0.05) is 63.3 Å². The number of carbonyl (C=O) groups is 6. The highest BCUT2D eigenvalue weighted by Crippen LogP contribution is 2.44. The number of amides is 4. The fourth-order valence-corrected chi connectivity index (χ4v) is 12.3. The summed E-state index contributed by atoms with van der Waals surface area (Å²) >= 11 is 0. The van der Waals surface area contributed by atoms with E-state index in [1.807, 2.05) is 60.7 Å². The number of furan rings is 2. The Morgan fingerprint density at radius 3 is 1.42 bits per heavy atom. The Labute approximate surface area is 511 Å². The first-order valence-electron chi connectivity index (χ1n) is 30.2. The zero-order valence-electron chi connectivity index (χ0n) is 51.0. The Morgan fingerprint density at radius 2 is 1.01 bits per heavy atom. The Balaban J connectivity index is 0.000000219. The van der Waals surface area contributed by atoms with Crippen LogP contribution in [0.2, 0.25) is 0 Å². The van der Waals surface area contributed by atoms with Crippen molar-refractivity contribution in [2.75, 3.05) is 50.1 Å². The lowest BCUT2D eigenvalue weighted by Crippen LogP contribution is -2.51. The third-order valence-corrected chi connectivity index (χ3v) is 16.9. The Kier molecular flexibility index (Phi) is 21.6. The van der Waals surface area contributed by atoms with Gasteiger partial charge < -0.3 is 50.1 Å². The van der Waals surface area contributed by atoms with Crippen LogP contribution in [0.15, 0.2) is 130 Å². The van der Waals surface area contributed by atoms with E-state index in [4.69, 9.17) is 18.7 Å². The van der Waals surface area contributed by atoms with E-state index < -0.39 is 17.3 Å². The number of halogens is 2. The average Bonchev–Trinajstić information content (AvgIpc) is 1.72. The molecule has 462 valence electrons. The maximum Gasteiger partial charge on any atom is 0.305 e. The molecule has 10 rings (SSSR count). The fourth-order valence-electron chi connectivity index (χ4n) is 12.3. The van der Waals surface area contributed by atoms with Crippen LogP contribution in [-0.2, 0) is 9.59 Å². The quantitative estimate of drug-likeness (QED) is 0.0442. The van der Waals surface area contributed by atoms with Crippen LogP contribution in [0, 0.1) is 17.6 Å². The summed E-state index contributed by atoms with van der Waals surface area (Å²) in [7, 11) is 3.13. The molecular formula is C70H78F2N6O10. The summed E-state index contributed by atoms with van der Waals surface area (Å²) in [6, 6.07) is 34.6. The van der Waals surface area contributed by atoms with E-state index in [1.165, 1.54) is 30.7 Å². The zero-order chi connectivity index (χ0) is 63.2. The van der Waals surface area contributed by atoms with Gasteiger partial charge in [-0.3, -0.25) is 28.8 Å². The molecule has 0 spiro atoms. The monoisotopic (exact) mass is 1200 g/mol. The summed E-state index contributed by atoms with van der Waals surface area (Å²) in [5, 5.41) is 29.5. The number of carbonyl (C=O) groups excluding carboxylic acids is 4. The van der Waals surface area contributed by atoms with E-state index in [9.17, 15) is 37.9 Å². The van der Waals surface area contributed by atoms with Crippen LogP contribution >= 0.6 is 0 Å². The van der Waals surface area contributed by atoms with Gasteiger partial charge in [-0.05, 0) is 155 Å². The molecule has 2 aliphatic carbocycles. The molecule has 8 aromatic rings. The molecule has 2 aliphatic rings. The van der Waals surface area contributed by atoms with Crippen LogP contribution in [-0.4, -0.2) is 98.1 Å². The van der Waals surface area contributed by atoms with Crippen molar-refractivity contribution in [1.29, 1.82) is 0 Å². The van der Waals surface area contributed by atoms with Crippen LogP contribution in [0.1, 0.15) is 140 Å². The lowest BCUT2D eigenvalue weighted by atomic mass is 9.79. The molecule has 2 unspecified atom stereocenters. The van der Waals surface area contributed by atoms with Gasteiger partial charge in [-0.15, -0.1) is 0 Å². The van der Waals surface area contributed by atoms with Crippen molar-refractivity contribution in [2.24, 2.45) is 5.92 Å². The topological polar surface area (TPSA) is 224 Å². The lowest BCUT2D eigenvalue weighted by Gasteiger charge is -2.37. The van der Waals surface area contributed by atoms with Gasteiger partial charge in [-0.2, -0.15) is 0 Å². The third-order valence-electron chi connectivity index (χ3n) is 16.9. The minimum atomic E-state index is -0.926. The summed E-state index contributed by atoms with van der Waals surface area (Å²) in [4.78, 5) is 77.8. The molecule has 2 fully saturated rings. The molecule has 2 aromatic heterocycles. The van der Waals surface area contributed by atoms with Crippen LogP contribution in [0.5, 0.6) is 0 Å². The molecule has 0 radical (unpaired) electrons. The molecule has 2 heterocycles.